The number of carbonyl (C=O) groups is 1. The number of hydrogen-bond acceptors (Lipinski definition) is 4. The van der Waals surface area contributed by atoms with E-state index in [0.29, 0.717) is 32.3 Å². The van der Waals surface area contributed by atoms with Gasteiger partial charge in [0.25, 0.3) is 5.91 Å². The van der Waals surface area contributed by atoms with Gasteiger partial charge < -0.3 is 4.90 Å². The topological polar surface area (TPSA) is 36.4 Å². The molecule has 0 unspecified atom stereocenters. The third-order valence-electron chi connectivity index (χ3n) is 4.26. The van der Waals surface area contributed by atoms with E-state index in [0.717, 1.165) is 28.7 Å². The lowest BCUT2D eigenvalue weighted by Crippen LogP contribution is -2.33. The van der Waals surface area contributed by atoms with E-state index >= 15 is 0 Å². The molecule has 156 valence electrons. The van der Waals surface area contributed by atoms with Crippen molar-refractivity contribution in [1.29, 1.82) is 0 Å². The Labute approximate surface area is 195 Å². The minimum absolute atomic E-state index is 0. The molecule has 0 aliphatic rings. The minimum Gasteiger partial charge on any atom is -0.309 e. The molecule has 1 amide bonds. The Morgan fingerprint density at radius 3 is 2.31 bits per heavy atom. The van der Waals surface area contributed by atoms with Gasteiger partial charge in [0.1, 0.15) is 0 Å². The van der Waals surface area contributed by atoms with Crippen molar-refractivity contribution in [2.45, 2.75) is 13.3 Å². The molecule has 0 aliphatic carbocycles. The third kappa shape index (κ3) is 5.75. The molecule has 29 heavy (non-hydrogen) atoms. The van der Waals surface area contributed by atoms with Crippen molar-refractivity contribution >= 4 is 79.8 Å². The third-order valence-corrected chi connectivity index (χ3v) is 6.23. The van der Waals surface area contributed by atoms with Crippen molar-refractivity contribution in [3.8, 4) is 0 Å². The summed E-state index contributed by atoms with van der Waals surface area (Å²) in [7, 11) is 4.01. The summed E-state index contributed by atoms with van der Waals surface area (Å²) in [6.45, 7) is 3.36. The van der Waals surface area contributed by atoms with E-state index in [2.05, 4.69) is 4.90 Å². The highest BCUT2D eigenvalue weighted by atomic mass is 35.5. The fourth-order valence-corrected chi connectivity index (χ4v) is 4.74. The van der Waals surface area contributed by atoms with E-state index in [-0.39, 0.29) is 18.3 Å². The van der Waals surface area contributed by atoms with Crippen molar-refractivity contribution in [2.24, 2.45) is 0 Å². The largest absolute Gasteiger partial charge is 0.309 e. The monoisotopic (exact) mass is 491 g/mol. The second-order valence-corrected chi connectivity index (χ2v) is 9.07. The van der Waals surface area contributed by atoms with Crippen LogP contribution in [0.3, 0.4) is 0 Å². The van der Waals surface area contributed by atoms with Crippen molar-refractivity contribution in [1.82, 2.24) is 9.88 Å². The maximum Gasteiger partial charge on any atom is 0.260 e. The van der Waals surface area contributed by atoms with Gasteiger partial charge in [0.05, 0.1) is 15.2 Å². The van der Waals surface area contributed by atoms with Crippen molar-refractivity contribution < 1.29 is 4.79 Å². The highest BCUT2D eigenvalue weighted by Crippen LogP contribution is 2.36. The Kier molecular flexibility index (Phi) is 8.59. The molecular formula is C20H21Cl4N3OS. The number of thiazole rings is 1. The standard InChI is InChI=1S/C20H20Cl3N3OS.ClH/c1-12-5-6-16(23)18-17(12)24-20(28-18)26(8-4-7-25(2)3)19(27)13-9-14(21)11-15(22)10-13;/h5-6,9-11H,4,7-8H2,1-3H3;1H. The van der Waals surface area contributed by atoms with Gasteiger partial charge in [-0.3, -0.25) is 9.69 Å². The molecule has 2 aromatic carbocycles. The number of fused-ring (bicyclic) bond motifs is 1. The summed E-state index contributed by atoms with van der Waals surface area (Å²) in [5.74, 6) is -0.184. The molecule has 4 nitrogen and oxygen atoms in total. The molecule has 1 aromatic heterocycles. The van der Waals surface area contributed by atoms with Gasteiger partial charge in [-0.05, 0) is 63.8 Å². The molecule has 0 atom stereocenters. The summed E-state index contributed by atoms with van der Waals surface area (Å²) in [4.78, 5) is 21.8. The van der Waals surface area contributed by atoms with Crippen LogP contribution in [0.5, 0.6) is 0 Å². The first kappa shape index (κ1) is 24.2. The maximum atomic E-state index is 13.3. The molecule has 0 bridgehead atoms. The lowest BCUT2D eigenvalue weighted by molar-refractivity contribution is 0.0986. The number of halogens is 4. The Morgan fingerprint density at radius 2 is 1.72 bits per heavy atom. The van der Waals surface area contributed by atoms with Crippen LogP contribution in [0.4, 0.5) is 5.13 Å². The number of benzene rings is 2. The van der Waals surface area contributed by atoms with Crippen molar-refractivity contribution in [3.05, 3.63) is 56.5 Å². The van der Waals surface area contributed by atoms with Crippen LogP contribution in [0.15, 0.2) is 30.3 Å². The summed E-state index contributed by atoms with van der Waals surface area (Å²) >= 11 is 20.0. The Bertz CT molecular complexity index is 963. The molecule has 3 aromatic rings. The number of rotatable bonds is 6. The lowest BCUT2D eigenvalue weighted by atomic mass is 10.2. The molecule has 3 rings (SSSR count). The number of nitrogens with zero attached hydrogens (tertiary/aromatic N) is 3. The first-order valence-electron chi connectivity index (χ1n) is 8.74. The molecular weight excluding hydrogens is 472 g/mol. The summed E-state index contributed by atoms with van der Waals surface area (Å²) in [6, 6.07) is 8.65. The van der Waals surface area contributed by atoms with Gasteiger partial charge in [0.15, 0.2) is 5.13 Å². The first-order valence-corrected chi connectivity index (χ1v) is 10.7. The van der Waals surface area contributed by atoms with Crippen molar-refractivity contribution in [2.75, 3.05) is 32.1 Å². The predicted octanol–water partition coefficient (Wildman–Crippen LogP) is 6.59. The Balaban J connectivity index is 0.00000300. The average molecular weight is 493 g/mol. The number of amides is 1. The molecule has 0 saturated heterocycles. The fraction of sp³-hybridized carbons (Fsp3) is 0.300. The zero-order valence-corrected chi connectivity index (χ0v) is 20.1. The zero-order valence-electron chi connectivity index (χ0n) is 16.2. The van der Waals surface area contributed by atoms with Crippen LogP contribution in [0.25, 0.3) is 10.2 Å². The Hall–Kier alpha value is -1.08. The molecule has 0 N–H and O–H groups in total. The summed E-state index contributed by atoms with van der Waals surface area (Å²) in [5, 5.41) is 2.10. The summed E-state index contributed by atoms with van der Waals surface area (Å²) in [5.41, 5.74) is 2.28. The van der Waals surface area contributed by atoms with Gasteiger partial charge in [-0.25, -0.2) is 4.98 Å². The van der Waals surface area contributed by atoms with Crippen LogP contribution in [0.1, 0.15) is 22.3 Å². The van der Waals surface area contributed by atoms with Crippen LogP contribution < -0.4 is 4.90 Å². The van der Waals surface area contributed by atoms with E-state index in [9.17, 15) is 4.79 Å². The van der Waals surface area contributed by atoms with Crippen LogP contribution in [0, 0.1) is 6.92 Å². The number of aromatic nitrogens is 1. The molecule has 0 saturated carbocycles. The van der Waals surface area contributed by atoms with Crippen molar-refractivity contribution in [3.63, 3.8) is 0 Å². The maximum absolute atomic E-state index is 13.3. The molecule has 9 heteroatoms. The zero-order chi connectivity index (χ0) is 20.4. The van der Waals surface area contributed by atoms with E-state index in [1.165, 1.54) is 11.3 Å². The predicted molar refractivity (Wildman–Crippen MR) is 128 cm³/mol. The van der Waals surface area contributed by atoms with E-state index in [1.807, 2.05) is 33.2 Å². The van der Waals surface area contributed by atoms with Gasteiger partial charge in [-0.2, -0.15) is 0 Å². The second kappa shape index (κ2) is 10.3. The smallest absolute Gasteiger partial charge is 0.260 e. The number of hydrogen-bond donors (Lipinski definition) is 0. The minimum atomic E-state index is -0.184. The number of carbonyl (C=O) groups excluding carboxylic acids is 1. The SMILES string of the molecule is Cc1ccc(Cl)c2sc(N(CCCN(C)C)C(=O)c3cc(Cl)cc(Cl)c3)nc12.Cl. The molecule has 0 aliphatic heterocycles. The van der Waals surface area contributed by atoms with Gasteiger partial charge in [-0.15, -0.1) is 12.4 Å². The molecule has 0 radical (unpaired) electrons. The van der Waals surface area contributed by atoms with Crippen LogP contribution in [0.2, 0.25) is 15.1 Å². The van der Waals surface area contributed by atoms with E-state index in [4.69, 9.17) is 39.8 Å². The quantitative estimate of drug-likeness (QED) is 0.389. The van der Waals surface area contributed by atoms with E-state index in [1.54, 1.807) is 23.1 Å². The highest BCUT2D eigenvalue weighted by molar-refractivity contribution is 7.23. The molecule has 0 spiro atoms. The number of anilines is 1. The van der Waals surface area contributed by atoms with E-state index < -0.39 is 0 Å². The summed E-state index contributed by atoms with van der Waals surface area (Å²) in [6.07, 6.45) is 0.801. The van der Waals surface area contributed by atoms with Gasteiger partial charge >= 0.3 is 0 Å². The second-order valence-electron chi connectivity index (χ2n) is 6.81. The number of aryl methyl sites for hydroxylation is 1. The van der Waals surface area contributed by atoms with Gasteiger partial charge in [0.2, 0.25) is 0 Å². The average Bonchev–Trinajstić information content (AvgIpc) is 3.07. The fourth-order valence-electron chi connectivity index (χ4n) is 2.87. The molecule has 1 heterocycles. The van der Waals surface area contributed by atoms with Gasteiger partial charge in [-0.1, -0.05) is 52.2 Å². The summed E-state index contributed by atoms with van der Waals surface area (Å²) < 4.78 is 0.881. The normalized spacial score (nSPS) is 11.0. The van der Waals surface area contributed by atoms with Crippen LogP contribution >= 0.6 is 58.5 Å². The molecule has 0 fully saturated rings. The first-order chi connectivity index (χ1) is 13.3. The van der Waals surface area contributed by atoms with Crippen LogP contribution in [-0.2, 0) is 0 Å². The lowest BCUT2D eigenvalue weighted by Gasteiger charge is -2.21. The highest BCUT2D eigenvalue weighted by Gasteiger charge is 2.23. The van der Waals surface area contributed by atoms with Gasteiger partial charge in [0, 0.05) is 22.2 Å². The Morgan fingerprint density at radius 1 is 1.07 bits per heavy atom. The van der Waals surface area contributed by atoms with Crippen LogP contribution in [-0.4, -0.2) is 43.0 Å².